The molecule has 0 heterocycles. The van der Waals surface area contributed by atoms with Crippen molar-refractivity contribution in [3.8, 4) is 0 Å². The molecule has 2 rings (SSSR count). The molecule has 2 atom stereocenters. The summed E-state index contributed by atoms with van der Waals surface area (Å²) in [5.74, 6) is 0. The zero-order chi connectivity index (χ0) is 9.26. The van der Waals surface area contributed by atoms with Crippen molar-refractivity contribution >= 4 is 6.08 Å². The molecule has 1 N–H and O–H groups in total. The van der Waals surface area contributed by atoms with Crippen LogP contribution in [0.25, 0.3) is 6.08 Å². The Hall–Kier alpha value is -1.12. The van der Waals surface area contributed by atoms with Crippen molar-refractivity contribution in [1.29, 1.82) is 0 Å². The molecule has 0 saturated heterocycles. The average Bonchev–Trinajstić information content (AvgIpc) is 2.19. The van der Waals surface area contributed by atoms with Crippen molar-refractivity contribution in [2.45, 2.75) is 12.2 Å². The Balaban J connectivity index is 2.42. The third-order valence-electron chi connectivity index (χ3n) is 2.36. The van der Waals surface area contributed by atoms with Crippen LogP contribution < -0.4 is 0 Å². The molecule has 0 bridgehead atoms. The zero-order valence-electron chi connectivity index (χ0n) is 7.47. The lowest BCUT2D eigenvalue weighted by atomic mass is 9.93. The maximum atomic E-state index is 9.84. The van der Waals surface area contributed by atoms with Gasteiger partial charge >= 0.3 is 0 Å². The molecule has 0 spiro atoms. The largest absolute Gasteiger partial charge is 0.385 e. The van der Waals surface area contributed by atoms with Crippen molar-refractivity contribution < 1.29 is 9.84 Å². The zero-order valence-corrected chi connectivity index (χ0v) is 7.47. The van der Waals surface area contributed by atoms with Gasteiger partial charge in [0.25, 0.3) is 0 Å². The lowest BCUT2D eigenvalue weighted by molar-refractivity contribution is 0.0150. The van der Waals surface area contributed by atoms with E-state index in [9.17, 15) is 5.11 Å². The molecular weight excluding hydrogens is 164 g/mol. The molecule has 13 heavy (non-hydrogen) atoms. The molecular formula is C11H12O2. The Labute approximate surface area is 77.5 Å². The van der Waals surface area contributed by atoms with Crippen LogP contribution in [0.5, 0.6) is 0 Å². The van der Waals surface area contributed by atoms with E-state index in [-0.39, 0.29) is 6.10 Å². The van der Waals surface area contributed by atoms with Gasteiger partial charge in [0.15, 0.2) is 0 Å². The summed E-state index contributed by atoms with van der Waals surface area (Å²) in [5, 5.41) is 9.84. The topological polar surface area (TPSA) is 29.5 Å². The van der Waals surface area contributed by atoms with E-state index in [2.05, 4.69) is 0 Å². The third-order valence-corrected chi connectivity index (χ3v) is 2.36. The first-order valence-electron chi connectivity index (χ1n) is 4.31. The second-order valence-electron chi connectivity index (χ2n) is 3.13. The van der Waals surface area contributed by atoms with E-state index in [0.717, 1.165) is 11.1 Å². The van der Waals surface area contributed by atoms with E-state index in [1.165, 1.54) is 0 Å². The molecule has 1 aliphatic rings. The van der Waals surface area contributed by atoms with Gasteiger partial charge in [0, 0.05) is 7.11 Å². The summed E-state index contributed by atoms with van der Waals surface area (Å²) in [7, 11) is 1.60. The molecule has 2 heteroatoms. The highest BCUT2D eigenvalue weighted by Gasteiger charge is 2.22. The standard InChI is InChI=1S/C11H12O2/c1-13-10-7-6-8-4-2-3-5-9(8)11(10)12/h2-7,10-12H,1H3/t10-,11?/m1/s1. The van der Waals surface area contributed by atoms with E-state index < -0.39 is 6.10 Å². The van der Waals surface area contributed by atoms with E-state index in [1.807, 2.05) is 36.4 Å². The number of rotatable bonds is 1. The minimum atomic E-state index is -0.536. The fourth-order valence-electron chi connectivity index (χ4n) is 1.62. The molecule has 1 aromatic rings. The SMILES string of the molecule is CO[C@@H]1C=Cc2ccccc2C1O. The summed E-state index contributed by atoms with van der Waals surface area (Å²) >= 11 is 0. The second kappa shape index (κ2) is 3.32. The number of aliphatic hydroxyl groups is 1. The number of benzene rings is 1. The molecule has 1 aliphatic carbocycles. The van der Waals surface area contributed by atoms with Crippen LogP contribution in [0.3, 0.4) is 0 Å². The van der Waals surface area contributed by atoms with Gasteiger partial charge in [0.1, 0.15) is 12.2 Å². The highest BCUT2D eigenvalue weighted by atomic mass is 16.5. The predicted molar refractivity (Wildman–Crippen MR) is 51.2 cm³/mol. The third kappa shape index (κ3) is 1.39. The average molecular weight is 176 g/mol. The van der Waals surface area contributed by atoms with Crippen molar-refractivity contribution in [2.24, 2.45) is 0 Å². The number of hydrogen-bond donors (Lipinski definition) is 1. The van der Waals surface area contributed by atoms with Gasteiger partial charge in [-0.05, 0) is 11.1 Å². The van der Waals surface area contributed by atoms with Crippen molar-refractivity contribution in [3.05, 3.63) is 41.5 Å². The molecule has 68 valence electrons. The van der Waals surface area contributed by atoms with Crippen molar-refractivity contribution in [2.75, 3.05) is 7.11 Å². The van der Waals surface area contributed by atoms with E-state index in [1.54, 1.807) is 7.11 Å². The van der Waals surface area contributed by atoms with Crippen LogP contribution in [-0.4, -0.2) is 18.3 Å². The van der Waals surface area contributed by atoms with Crippen LogP contribution in [-0.2, 0) is 4.74 Å². The maximum Gasteiger partial charge on any atom is 0.109 e. The van der Waals surface area contributed by atoms with Gasteiger partial charge in [-0.25, -0.2) is 0 Å². The van der Waals surface area contributed by atoms with Crippen LogP contribution in [0.1, 0.15) is 17.2 Å². The van der Waals surface area contributed by atoms with Gasteiger partial charge in [0.05, 0.1) is 0 Å². The summed E-state index contributed by atoms with van der Waals surface area (Å²) in [5.41, 5.74) is 2.01. The van der Waals surface area contributed by atoms with Gasteiger partial charge in [0.2, 0.25) is 0 Å². The first-order valence-corrected chi connectivity index (χ1v) is 4.31. The Morgan fingerprint density at radius 3 is 2.85 bits per heavy atom. The first kappa shape index (κ1) is 8.48. The summed E-state index contributed by atoms with van der Waals surface area (Å²) in [6.45, 7) is 0. The minimum Gasteiger partial charge on any atom is -0.385 e. The predicted octanol–water partition coefficient (Wildman–Crippen LogP) is 1.76. The lowest BCUT2D eigenvalue weighted by Crippen LogP contribution is -2.21. The minimum absolute atomic E-state index is 0.213. The molecule has 0 fully saturated rings. The number of methoxy groups -OCH3 is 1. The normalized spacial score (nSPS) is 25.7. The maximum absolute atomic E-state index is 9.84. The number of aliphatic hydroxyl groups excluding tert-OH is 1. The molecule has 1 aromatic carbocycles. The number of ether oxygens (including phenoxy) is 1. The van der Waals surface area contributed by atoms with Gasteiger partial charge in [-0.1, -0.05) is 36.4 Å². The van der Waals surface area contributed by atoms with Crippen LogP contribution in [0, 0.1) is 0 Å². The molecule has 0 radical (unpaired) electrons. The summed E-state index contributed by atoms with van der Waals surface area (Å²) < 4.78 is 5.12. The Morgan fingerprint density at radius 2 is 2.08 bits per heavy atom. The summed E-state index contributed by atoms with van der Waals surface area (Å²) in [6.07, 6.45) is 3.12. The smallest absolute Gasteiger partial charge is 0.109 e. The number of hydrogen-bond acceptors (Lipinski definition) is 2. The van der Waals surface area contributed by atoms with Crippen molar-refractivity contribution in [3.63, 3.8) is 0 Å². The molecule has 0 aromatic heterocycles. The van der Waals surface area contributed by atoms with Crippen LogP contribution in [0.4, 0.5) is 0 Å². The fourth-order valence-corrected chi connectivity index (χ4v) is 1.62. The Kier molecular flexibility index (Phi) is 2.17. The highest BCUT2D eigenvalue weighted by Crippen LogP contribution is 2.28. The summed E-state index contributed by atoms with van der Waals surface area (Å²) in [6, 6.07) is 7.80. The molecule has 0 aliphatic heterocycles. The monoisotopic (exact) mass is 176 g/mol. The molecule has 2 nitrogen and oxygen atoms in total. The fraction of sp³-hybridized carbons (Fsp3) is 0.273. The lowest BCUT2D eigenvalue weighted by Gasteiger charge is -2.24. The van der Waals surface area contributed by atoms with Crippen LogP contribution >= 0.6 is 0 Å². The van der Waals surface area contributed by atoms with Crippen molar-refractivity contribution in [1.82, 2.24) is 0 Å². The van der Waals surface area contributed by atoms with E-state index in [4.69, 9.17) is 4.74 Å². The van der Waals surface area contributed by atoms with E-state index >= 15 is 0 Å². The van der Waals surface area contributed by atoms with Gasteiger partial charge < -0.3 is 9.84 Å². The van der Waals surface area contributed by atoms with Gasteiger partial charge in [-0.3, -0.25) is 0 Å². The molecule has 0 saturated carbocycles. The van der Waals surface area contributed by atoms with Gasteiger partial charge in [-0.15, -0.1) is 0 Å². The molecule has 1 unspecified atom stereocenters. The number of fused-ring (bicyclic) bond motifs is 1. The quantitative estimate of drug-likeness (QED) is 0.706. The van der Waals surface area contributed by atoms with E-state index in [0.29, 0.717) is 0 Å². The first-order chi connectivity index (χ1) is 6.33. The van der Waals surface area contributed by atoms with Crippen LogP contribution in [0.15, 0.2) is 30.3 Å². The second-order valence-corrected chi connectivity index (χ2v) is 3.13. The summed E-state index contributed by atoms with van der Waals surface area (Å²) in [4.78, 5) is 0. The van der Waals surface area contributed by atoms with Gasteiger partial charge in [-0.2, -0.15) is 0 Å². The highest BCUT2D eigenvalue weighted by molar-refractivity contribution is 5.58. The Bertz CT molecular complexity index is 331. The van der Waals surface area contributed by atoms with Crippen LogP contribution in [0.2, 0.25) is 0 Å². The Morgan fingerprint density at radius 1 is 1.31 bits per heavy atom. The molecule has 0 amide bonds.